The van der Waals surface area contributed by atoms with Crippen LogP contribution < -0.4 is 11.1 Å². The number of aliphatic hydroxyl groups excluding tert-OH is 1. The minimum absolute atomic E-state index is 0.0143. The fourth-order valence-corrected chi connectivity index (χ4v) is 1.55. The summed E-state index contributed by atoms with van der Waals surface area (Å²) < 4.78 is 0. The number of nitrogens with one attached hydrogen (secondary N) is 1. The number of benzene rings is 1. The quantitative estimate of drug-likeness (QED) is 0.746. The van der Waals surface area contributed by atoms with Gasteiger partial charge in [-0.05, 0) is 24.6 Å². The number of anilines is 3. The molecule has 0 amide bonds. The second-order valence-corrected chi connectivity index (χ2v) is 3.74. The number of nitrogen functional groups attached to an aromatic ring is 1. The first kappa shape index (κ1) is 11.3. The Labute approximate surface area is 99.3 Å². The molecule has 0 atom stereocenters. The van der Waals surface area contributed by atoms with Gasteiger partial charge in [0.2, 0.25) is 5.95 Å². The molecular weight excluding hydrogens is 216 g/mol. The van der Waals surface area contributed by atoms with Crippen molar-refractivity contribution in [2.75, 3.05) is 11.1 Å². The largest absolute Gasteiger partial charge is 0.392 e. The zero-order valence-electron chi connectivity index (χ0n) is 9.51. The highest BCUT2D eigenvalue weighted by molar-refractivity contribution is 5.58. The van der Waals surface area contributed by atoms with Gasteiger partial charge in [-0.15, -0.1) is 0 Å². The molecular formula is C12H14N4O. The van der Waals surface area contributed by atoms with Gasteiger partial charge in [-0.2, -0.15) is 4.98 Å². The van der Waals surface area contributed by atoms with E-state index in [9.17, 15) is 0 Å². The maximum Gasteiger partial charge on any atom is 0.222 e. The van der Waals surface area contributed by atoms with Crippen molar-refractivity contribution in [3.63, 3.8) is 0 Å². The van der Waals surface area contributed by atoms with Crippen molar-refractivity contribution in [3.05, 3.63) is 41.6 Å². The van der Waals surface area contributed by atoms with Gasteiger partial charge >= 0.3 is 0 Å². The summed E-state index contributed by atoms with van der Waals surface area (Å²) in [5.41, 5.74) is 8.07. The molecule has 1 heterocycles. The molecule has 0 aliphatic carbocycles. The van der Waals surface area contributed by atoms with Crippen LogP contribution in [0.3, 0.4) is 0 Å². The molecule has 4 N–H and O–H groups in total. The maximum absolute atomic E-state index is 9.04. The highest BCUT2D eigenvalue weighted by Crippen LogP contribution is 2.17. The minimum atomic E-state index is 0.0143. The molecule has 0 saturated heterocycles. The molecule has 0 aliphatic rings. The Morgan fingerprint density at radius 1 is 1.29 bits per heavy atom. The molecule has 0 radical (unpaired) electrons. The van der Waals surface area contributed by atoms with Crippen LogP contribution in [0.4, 0.5) is 17.5 Å². The summed E-state index contributed by atoms with van der Waals surface area (Å²) in [6.07, 6.45) is 0. The van der Waals surface area contributed by atoms with E-state index < -0.39 is 0 Å². The Morgan fingerprint density at radius 3 is 2.82 bits per heavy atom. The van der Waals surface area contributed by atoms with E-state index in [0.29, 0.717) is 5.82 Å². The predicted octanol–water partition coefficient (Wildman–Crippen LogP) is 1.60. The zero-order valence-corrected chi connectivity index (χ0v) is 9.51. The van der Waals surface area contributed by atoms with E-state index in [2.05, 4.69) is 15.3 Å². The summed E-state index contributed by atoms with van der Waals surface area (Å²) in [7, 11) is 0. The number of aliphatic hydroxyl groups is 1. The van der Waals surface area contributed by atoms with Crippen LogP contribution in [0.1, 0.15) is 11.3 Å². The Balaban J connectivity index is 2.24. The third-order valence-corrected chi connectivity index (χ3v) is 2.25. The van der Waals surface area contributed by atoms with Gasteiger partial charge in [-0.1, -0.05) is 12.1 Å². The van der Waals surface area contributed by atoms with Gasteiger partial charge < -0.3 is 16.2 Å². The fraction of sp³-hybridized carbons (Fsp3) is 0.167. The minimum Gasteiger partial charge on any atom is -0.392 e. The molecule has 2 rings (SSSR count). The smallest absolute Gasteiger partial charge is 0.222 e. The zero-order chi connectivity index (χ0) is 12.3. The molecule has 88 valence electrons. The summed E-state index contributed by atoms with van der Waals surface area (Å²) in [6.45, 7) is 1.87. The van der Waals surface area contributed by atoms with Gasteiger partial charge in [-0.3, -0.25) is 0 Å². The molecule has 17 heavy (non-hydrogen) atoms. The van der Waals surface area contributed by atoms with Crippen LogP contribution in [0.2, 0.25) is 0 Å². The van der Waals surface area contributed by atoms with Gasteiger partial charge in [0.15, 0.2) is 0 Å². The number of hydrogen-bond acceptors (Lipinski definition) is 5. The first-order valence-electron chi connectivity index (χ1n) is 5.25. The predicted molar refractivity (Wildman–Crippen MR) is 66.8 cm³/mol. The van der Waals surface area contributed by atoms with Crippen LogP contribution in [0.15, 0.2) is 30.3 Å². The van der Waals surface area contributed by atoms with Crippen molar-refractivity contribution in [1.82, 2.24) is 9.97 Å². The van der Waals surface area contributed by atoms with Crippen LogP contribution in [0.5, 0.6) is 0 Å². The molecule has 5 heteroatoms. The van der Waals surface area contributed by atoms with E-state index in [0.717, 1.165) is 16.9 Å². The van der Waals surface area contributed by atoms with E-state index in [4.69, 9.17) is 10.8 Å². The lowest BCUT2D eigenvalue weighted by atomic mass is 10.2. The van der Waals surface area contributed by atoms with E-state index in [1.54, 1.807) is 0 Å². The standard InChI is InChI=1S/C12H14N4O/c1-8-5-11(16-12(13)14-8)15-10-4-2-3-9(6-10)7-17/h2-6,17H,7H2,1H3,(H3,13,14,15,16). The molecule has 1 aromatic carbocycles. The molecule has 1 aromatic heterocycles. The van der Waals surface area contributed by atoms with E-state index >= 15 is 0 Å². The maximum atomic E-state index is 9.04. The molecule has 0 spiro atoms. The lowest BCUT2D eigenvalue weighted by Crippen LogP contribution is -2.01. The molecule has 0 fully saturated rings. The van der Waals surface area contributed by atoms with Gasteiger partial charge in [0.1, 0.15) is 5.82 Å². The Kier molecular flexibility index (Phi) is 3.20. The lowest BCUT2D eigenvalue weighted by molar-refractivity contribution is 0.282. The van der Waals surface area contributed by atoms with Crippen molar-refractivity contribution in [2.24, 2.45) is 0 Å². The second-order valence-electron chi connectivity index (χ2n) is 3.74. The summed E-state index contributed by atoms with van der Waals surface area (Å²) in [5, 5.41) is 12.2. The van der Waals surface area contributed by atoms with Crippen molar-refractivity contribution < 1.29 is 5.11 Å². The van der Waals surface area contributed by atoms with E-state index in [1.165, 1.54) is 0 Å². The lowest BCUT2D eigenvalue weighted by Gasteiger charge is -2.07. The van der Waals surface area contributed by atoms with Crippen LogP contribution in [0, 0.1) is 6.92 Å². The van der Waals surface area contributed by atoms with Gasteiger partial charge in [0.25, 0.3) is 0 Å². The monoisotopic (exact) mass is 230 g/mol. The summed E-state index contributed by atoms with van der Waals surface area (Å²) in [5.74, 6) is 0.885. The van der Waals surface area contributed by atoms with Crippen LogP contribution in [-0.4, -0.2) is 15.1 Å². The normalized spacial score (nSPS) is 10.2. The van der Waals surface area contributed by atoms with Gasteiger partial charge in [0, 0.05) is 17.4 Å². The molecule has 0 unspecified atom stereocenters. The number of aromatic nitrogens is 2. The first-order chi connectivity index (χ1) is 8.17. The number of aryl methyl sites for hydroxylation is 1. The number of rotatable bonds is 3. The van der Waals surface area contributed by atoms with Gasteiger partial charge in [-0.25, -0.2) is 4.98 Å². The topological polar surface area (TPSA) is 84.1 Å². The Morgan fingerprint density at radius 2 is 2.12 bits per heavy atom. The molecule has 0 bridgehead atoms. The Bertz CT molecular complexity index is 507. The van der Waals surface area contributed by atoms with Crippen molar-refractivity contribution in [2.45, 2.75) is 13.5 Å². The SMILES string of the molecule is Cc1cc(Nc2cccc(CO)c2)nc(N)n1. The molecule has 2 aromatic rings. The highest BCUT2D eigenvalue weighted by atomic mass is 16.3. The van der Waals surface area contributed by atoms with E-state index in [-0.39, 0.29) is 12.6 Å². The summed E-state index contributed by atoms with van der Waals surface area (Å²) in [6, 6.07) is 9.28. The second kappa shape index (κ2) is 4.80. The highest BCUT2D eigenvalue weighted by Gasteiger charge is 2.00. The third-order valence-electron chi connectivity index (χ3n) is 2.25. The van der Waals surface area contributed by atoms with Crippen LogP contribution in [0.25, 0.3) is 0 Å². The summed E-state index contributed by atoms with van der Waals surface area (Å²) in [4.78, 5) is 8.07. The Hall–Kier alpha value is -2.14. The number of nitrogens with two attached hydrogens (primary N) is 1. The van der Waals surface area contributed by atoms with Crippen molar-refractivity contribution in [1.29, 1.82) is 0 Å². The molecule has 5 nitrogen and oxygen atoms in total. The number of hydrogen-bond donors (Lipinski definition) is 3. The van der Waals surface area contributed by atoms with Gasteiger partial charge in [0.05, 0.1) is 6.61 Å². The van der Waals surface area contributed by atoms with Crippen molar-refractivity contribution in [3.8, 4) is 0 Å². The fourth-order valence-electron chi connectivity index (χ4n) is 1.55. The first-order valence-corrected chi connectivity index (χ1v) is 5.25. The molecule has 0 saturated carbocycles. The van der Waals surface area contributed by atoms with Crippen molar-refractivity contribution >= 4 is 17.5 Å². The van der Waals surface area contributed by atoms with E-state index in [1.807, 2.05) is 37.3 Å². The summed E-state index contributed by atoms with van der Waals surface area (Å²) >= 11 is 0. The average molecular weight is 230 g/mol. The van der Waals surface area contributed by atoms with Crippen LogP contribution in [-0.2, 0) is 6.61 Å². The van der Waals surface area contributed by atoms with Crippen LogP contribution >= 0.6 is 0 Å². The molecule has 0 aliphatic heterocycles. The third kappa shape index (κ3) is 2.92. The average Bonchev–Trinajstić information content (AvgIpc) is 2.28. The number of nitrogens with zero attached hydrogens (tertiary/aromatic N) is 2.